The van der Waals surface area contributed by atoms with Crippen LogP contribution in [-0.4, -0.2) is 97.1 Å². The molecule has 224 valence electrons. The molecule has 3 aliphatic heterocycles. The van der Waals surface area contributed by atoms with E-state index >= 15 is 0 Å². The highest BCUT2D eigenvalue weighted by atomic mass is 32.2. The topological polar surface area (TPSA) is 76.1 Å². The summed E-state index contributed by atoms with van der Waals surface area (Å²) in [7, 11) is -2.79. The summed E-state index contributed by atoms with van der Waals surface area (Å²) in [6.45, 7) is 5.50. The maximum absolute atomic E-state index is 13.8. The average Bonchev–Trinajstić information content (AvgIpc) is 3.28. The van der Waals surface area contributed by atoms with Gasteiger partial charge in [-0.25, -0.2) is 18.9 Å². The molecule has 0 spiro atoms. The molecule has 0 amide bonds. The fourth-order valence-corrected chi connectivity index (χ4v) is 10.8. The van der Waals surface area contributed by atoms with Crippen LogP contribution in [0.15, 0.2) is 12.2 Å². The van der Waals surface area contributed by atoms with Crippen LogP contribution >= 0.6 is 0 Å². The van der Waals surface area contributed by atoms with E-state index in [1.54, 1.807) is 6.08 Å². The number of aliphatic hydroxyl groups is 1. The first-order valence-electron chi connectivity index (χ1n) is 15.0. The van der Waals surface area contributed by atoms with Gasteiger partial charge in [0.05, 0.1) is 6.61 Å². The zero-order valence-corrected chi connectivity index (χ0v) is 24.4. The number of fused-ring (bicyclic) bond motifs is 1. The standard InChI is InChI=1S/C28H47F3N4O3S/c1-18-7-6-8-22(19(18)2)20-9-11-21(12-10-20)26-23-15-34(13-4-5-14-35(23)24(26)17-36)39(37,38)25-16-33(3)32-27(25)28(29,30)31/h4-5,18-27,32,36H,6-17H2,1-3H3/b5-4-/t18?,19?,20?,21?,22?,23?,24-,25?,26+,27?/m1/s1. The normalized spacial score (nSPS) is 44.3. The van der Waals surface area contributed by atoms with Crippen molar-refractivity contribution in [2.45, 2.75) is 88.3 Å². The van der Waals surface area contributed by atoms with Gasteiger partial charge in [0.1, 0.15) is 11.3 Å². The lowest BCUT2D eigenvalue weighted by Gasteiger charge is -2.59. The lowest BCUT2D eigenvalue weighted by Crippen LogP contribution is -2.71. The maximum atomic E-state index is 13.8. The van der Waals surface area contributed by atoms with Crippen LogP contribution in [0.3, 0.4) is 0 Å². The summed E-state index contributed by atoms with van der Waals surface area (Å²) in [5.74, 6) is 3.63. The molecule has 4 fully saturated rings. The number of rotatable bonds is 5. The number of hydrogen-bond acceptors (Lipinski definition) is 6. The molecule has 2 saturated carbocycles. The van der Waals surface area contributed by atoms with Gasteiger partial charge in [0.25, 0.3) is 0 Å². The SMILES string of the molecule is CC1CCCC(C2CCC([C@H]3C4CN(S(=O)(=O)C5CN(C)NC5C(F)(F)F)C/C=C\CN4[C@@H]3CO)CC2)C1C. The Morgan fingerprint density at radius 3 is 2.31 bits per heavy atom. The van der Waals surface area contributed by atoms with E-state index < -0.39 is 27.5 Å². The number of sulfonamides is 1. The van der Waals surface area contributed by atoms with Crippen molar-refractivity contribution < 1.29 is 26.7 Å². The Morgan fingerprint density at radius 1 is 0.974 bits per heavy atom. The molecule has 3 heterocycles. The number of hydrogen-bond donors (Lipinski definition) is 2. The van der Waals surface area contributed by atoms with Crippen LogP contribution < -0.4 is 5.43 Å². The van der Waals surface area contributed by atoms with E-state index in [0.717, 1.165) is 36.5 Å². The Bertz CT molecular complexity index is 987. The minimum Gasteiger partial charge on any atom is -0.395 e. The summed E-state index contributed by atoms with van der Waals surface area (Å²) < 4.78 is 70.0. The molecule has 0 aromatic carbocycles. The van der Waals surface area contributed by atoms with Crippen LogP contribution in [0.1, 0.15) is 58.8 Å². The van der Waals surface area contributed by atoms with Crippen LogP contribution in [0.4, 0.5) is 13.2 Å². The first-order valence-corrected chi connectivity index (χ1v) is 16.5. The van der Waals surface area contributed by atoms with Crippen molar-refractivity contribution in [3.8, 4) is 0 Å². The monoisotopic (exact) mass is 576 g/mol. The van der Waals surface area contributed by atoms with Crippen LogP contribution in [0.2, 0.25) is 0 Å². The summed E-state index contributed by atoms with van der Waals surface area (Å²) in [5, 5.41) is 9.96. The van der Waals surface area contributed by atoms with Gasteiger partial charge in [-0.15, -0.1) is 0 Å². The quantitative estimate of drug-likeness (QED) is 0.489. The number of hydrazine groups is 1. The van der Waals surface area contributed by atoms with Gasteiger partial charge in [0.15, 0.2) is 0 Å². The summed E-state index contributed by atoms with van der Waals surface area (Å²) in [6, 6.07) is -2.24. The van der Waals surface area contributed by atoms with Crippen molar-refractivity contribution in [3.05, 3.63) is 12.2 Å². The van der Waals surface area contributed by atoms with Gasteiger partial charge in [-0.1, -0.05) is 38.8 Å². The molecule has 2 saturated heterocycles. The molecular formula is C28H47F3N4O3S. The Morgan fingerprint density at radius 2 is 1.64 bits per heavy atom. The van der Waals surface area contributed by atoms with Crippen LogP contribution in [0.5, 0.6) is 0 Å². The smallest absolute Gasteiger partial charge is 0.395 e. The molecule has 0 bridgehead atoms. The van der Waals surface area contributed by atoms with Gasteiger partial charge in [-0.3, -0.25) is 4.90 Å². The van der Waals surface area contributed by atoms with Gasteiger partial charge in [-0.05, 0) is 67.6 Å². The van der Waals surface area contributed by atoms with E-state index in [2.05, 4.69) is 24.2 Å². The second-order valence-corrected chi connectivity index (χ2v) is 15.2. The fraction of sp³-hybridized carbons (Fsp3) is 0.929. The van der Waals surface area contributed by atoms with Gasteiger partial charge in [0, 0.05) is 45.3 Å². The Labute approximate surface area is 232 Å². The molecule has 7 nitrogen and oxygen atoms in total. The molecule has 0 radical (unpaired) electrons. The van der Waals surface area contributed by atoms with E-state index in [1.807, 2.05) is 6.08 Å². The highest BCUT2D eigenvalue weighted by Gasteiger charge is 2.57. The first-order chi connectivity index (χ1) is 18.4. The second-order valence-electron chi connectivity index (χ2n) is 13.1. The molecule has 8 atom stereocenters. The first kappa shape index (κ1) is 29.8. The molecule has 2 aliphatic carbocycles. The Hall–Kier alpha value is -0.720. The number of halogens is 3. The number of aliphatic hydroxyl groups excluding tert-OH is 1. The van der Waals surface area contributed by atoms with Gasteiger partial charge in [0.2, 0.25) is 10.0 Å². The lowest BCUT2D eigenvalue weighted by atomic mass is 9.60. The predicted molar refractivity (Wildman–Crippen MR) is 145 cm³/mol. The van der Waals surface area contributed by atoms with Crippen molar-refractivity contribution >= 4 is 10.0 Å². The Balaban J connectivity index is 1.30. The molecule has 11 heteroatoms. The molecule has 39 heavy (non-hydrogen) atoms. The number of nitrogens with zero attached hydrogens (tertiary/aromatic N) is 3. The number of alkyl halides is 3. The third-order valence-corrected chi connectivity index (χ3v) is 13.3. The zero-order valence-electron chi connectivity index (χ0n) is 23.6. The summed E-state index contributed by atoms with van der Waals surface area (Å²) in [6.07, 6.45) is 7.48. The van der Waals surface area contributed by atoms with Crippen molar-refractivity contribution in [1.29, 1.82) is 0 Å². The van der Waals surface area contributed by atoms with Crippen molar-refractivity contribution in [1.82, 2.24) is 19.6 Å². The maximum Gasteiger partial charge on any atom is 0.406 e. The van der Waals surface area contributed by atoms with E-state index in [-0.39, 0.29) is 44.2 Å². The summed E-state index contributed by atoms with van der Waals surface area (Å²) in [5.41, 5.74) is 2.31. The second kappa shape index (κ2) is 11.5. The van der Waals surface area contributed by atoms with Crippen molar-refractivity contribution in [2.24, 2.45) is 35.5 Å². The lowest BCUT2D eigenvalue weighted by molar-refractivity contribution is -0.155. The van der Waals surface area contributed by atoms with Crippen LogP contribution in [-0.2, 0) is 10.0 Å². The van der Waals surface area contributed by atoms with Gasteiger partial charge >= 0.3 is 6.18 Å². The Kier molecular flexibility index (Phi) is 8.79. The van der Waals surface area contributed by atoms with E-state index in [0.29, 0.717) is 12.5 Å². The largest absolute Gasteiger partial charge is 0.406 e. The number of nitrogens with one attached hydrogen (secondary N) is 1. The minimum absolute atomic E-state index is 0.0202. The van der Waals surface area contributed by atoms with Crippen molar-refractivity contribution in [3.63, 3.8) is 0 Å². The highest BCUT2D eigenvalue weighted by molar-refractivity contribution is 7.89. The fourth-order valence-electron chi connectivity index (χ4n) is 8.81. The zero-order chi connectivity index (χ0) is 28.1. The molecule has 5 aliphatic rings. The molecule has 0 aromatic heterocycles. The predicted octanol–water partition coefficient (Wildman–Crippen LogP) is 3.48. The molecule has 0 aromatic rings. The molecule has 2 N–H and O–H groups in total. The van der Waals surface area contributed by atoms with Crippen molar-refractivity contribution in [2.75, 3.05) is 39.8 Å². The minimum atomic E-state index is -4.67. The molecule has 5 rings (SSSR count). The average molecular weight is 577 g/mol. The third-order valence-electron chi connectivity index (χ3n) is 11.1. The third kappa shape index (κ3) is 5.69. The van der Waals surface area contributed by atoms with Gasteiger partial charge in [-0.2, -0.15) is 17.5 Å². The van der Waals surface area contributed by atoms with Gasteiger partial charge < -0.3 is 5.11 Å². The van der Waals surface area contributed by atoms with E-state index in [9.17, 15) is 26.7 Å². The molecular weight excluding hydrogens is 529 g/mol. The van der Waals surface area contributed by atoms with Crippen LogP contribution in [0.25, 0.3) is 0 Å². The summed E-state index contributed by atoms with van der Waals surface area (Å²) in [4.78, 5) is 2.17. The summed E-state index contributed by atoms with van der Waals surface area (Å²) >= 11 is 0. The highest BCUT2D eigenvalue weighted by Crippen LogP contribution is 2.50. The van der Waals surface area contributed by atoms with E-state index in [4.69, 9.17) is 0 Å². The van der Waals surface area contributed by atoms with E-state index in [1.165, 1.54) is 48.5 Å². The van der Waals surface area contributed by atoms with Crippen LogP contribution in [0, 0.1) is 35.5 Å². The molecule has 6 unspecified atom stereocenters.